The van der Waals surface area contributed by atoms with Crippen molar-refractivity contribution in [2.45, 2.75) is 13.0 Å². The molecule has 0 aromatic rings. The molecule has 0 saturated carbocycles. The van der Waals surface area contributed by atoms with Crippen LogP contribution in [0.25, 0.3) is 0 Å². The number of ether oxygens (including phenoxy) is 1. The minimum atomic E-state index is -1.35. The van der Waals surface area contributed by atoms with Crippen molar-refractivity contribution in [2.75, 3.05) is 0 Å². The summed E-state index contributed by atoms with van der Waals surface area (Å²) in [6.07, 6.45) is 0. The summed E-state index contributed by atoms with van der Waals surface area (Å²) in [5, 5.41) is 8.29. The highest BCUT2D eigenvalue weighted by Gasteiger charge is 2.33. The van der Waals surface area contributed by atoms with Gasteiger partial charge in [0.05, 0.1) is 0 Å². The smallest absolute Gasteiger partial charge is 0.349 e. The van der Waals surface area contributed by atoms with Crippen molar-refractivity contribution in [1.29, 1.82) is 0 Å². The van der Waals surface area contributed by atoms with Crippen LogP contribution in [0.1, 0.15) is 6.92 Å². The molecule has 1 N–H and O–H groups in total. The maximum atomic E-state index is 10.5. The van der Waals surface area contributed by atoms with Crippen LogP contribution in [0.5, 0.6) is 0 Å². The van der Waals surface area contributed by atoms with Gasteiger partial charge in [-0.25, -0.2) is 14.6 Å². The third-order valence-electron chi connectivity index (χ3n) is 1.02. The molecule has 0 unspecified atom stereocenters. The van der Waals surface area contributed by atoms with Gasteiger partial charge in [0, 0.05) is 6.92 Å². The average Bonchev–Trinajstić information content (AvgIpc) is 2.10. The average molecular weight is 143 g/mol. The summed E-state index contributed by atoms with van der Waals surface area (Å²) < 4.78 is 4.37. The predicted octanol–water partition coefficient (Wildman–Crippen LogP) is -0.585. The van der Waals surface area contributed by atoms with E-state index in [1.807, 2.05) is 0 Å². The third-order valence-corrected chi connectivity index (χ3v) is 1.02. The molecule has 0 saturated heterocycles. The molecule has 0 aromatic heterocycles. The summed E-state index contributed by atoms with van der Waals surface area (Å²) >= 11 is 0. The van der Waals surface area contributed by atoms with Gasteiger partial charge in [-0.3, -0.25) is 0 Å². The topological polar surface area (TPSA) is 76.0 Å². The van der Waals surface area contributed by atoms with E-state index in [2.05, 4.69) is 9.73 Å². The Morgan fingerprint density at radius 1 is 1.80 bits per heavy atom. The number of hydrogen-bond donors (Lipinski definition) is 1. The molecule has 0 aliphatic carbocycles. The first-order valence-corrected chi connectivity index (χ1v) is 2.60. The summed E-state index contributed by atoms with van der Waals surface area (Å²) in [5.74, 6) is -1.98. The third kappa shape index (κ3) is 0.975. The number of cyclic esters (lactones) is 1. The van der Waals surface area contributed by atoms with Crippen LogP contribution in [-0.2, 0) is 14.3 Å². The first kappa shape index (κ1) is 6.73. The Bertz CT molecular complexity index is 220. The summed E-state index contributed by atoms with van der Waals surface area (Å²) in [4.78, 5) is 24.1. The molecular weight excluding hydrogens is 138 g/mol. The number of rotatable bonds is 1. The lowest BCUT2D eigenvalue weighted by Crippen LogP contribution is -2.24. The molecule has 0 aromatic carbocycles. The molecule has 0 spiro atoms. The Morgan fingerprint density at radius 3 is 2.60 bits per heavy atom. The Labute approximate surface area is 56.3 Å². The molecule has 0 bridgehead atoms. The van der Waals surface area contributed by atoms with Crippen molar-refractivity contribution < 1.29 is 19.4 Å². The largest absolute Gasteiger partial charge is 0.479 e. The van der Waals surface area contributed by atoms with Gasteiger partial charge in [-0.1, -0.05) is 0 Å². The molecule has 5 heteroatoms. The van der Waals surface area contributed by atoms with Crippen LogP contribution in [0.15, 0.2) is 4.99 Å². The fourth-order valence-corrected chi connectivity index (χ4v) is 0.618. The molecule has 0 fully saturated rings. The second kappa shape index (κ2) is 2.09. The normalized spacial score (nSPS) is 23.9. The highest BCUT2D eigenvalue weighted by Crippen LogP contribution is 2.05. The predicted molar refractivity (Wildman–Crippen MR) is 30.6 cm³/mol. The second-order valence-corrected chi connectivity index (χ2v) is 1.81. The van der Waals surface area contributed by atoms with E-state index in [0.717, 1.165) is 0 Å². The molecule has 5 nitrogen and oxygen atoms in total. The van der Waals surface area contributed by atoms with Gasteiger partial charge in [-0.15, -0.1) is 0 Å². The lowest BCUT2D eigenvalue weighted by molar-refractivity contribution is -0.146. The van der Waals surface area contributed by atoms with E-state index in [1.54, 1.807) is 0 Å². The van der Waals surface area contributed by atoms with Crippen LogP contribution in [0, 0.1) is 0 Å². The minimum absolute atomic E-state index is 0.109. The zero-order chi connectivity index (χ0) is 7.72. The Hall–Kier alpha value is -1.39. The standard InChI is InChI=1S/C5H5NO4/c1-2-6-3(4(7)8)5(9)10-2/h3H,1H3,(H,7,8)/t3-/m0/s1. The van der Waals surface area contributed by atoms with Crippen LogP contribution in [0.3, 0.4) is 0 Å². The van der Waals surface area contributed by atoms with Crippen molar-refractivity contribution in [1.82, 2.24) is 0 Å². The van der Waals surface area contributed by atoms with Gasteiger partial charge in [-0.05, 0) is 0 Å². The van der Waals surface area contributed by atoms with Gasteiger partial charge >= 0.3 is 11.9 Å². The number of aliphatic carboxylic acids is 1. The monoisotopic (exact) mass is 143 g/mol. The highest BCUT2D eigenvalue weighted by molar-refractivity contribution is 6.07. The molecule has 0 radical (unpaired) electrons. The minimum Gasteiger partial charge on any atom is -0.479 e. The van der Waals surface area contributed by atoms with Crippen LogP contribution < -0.4 is 0 Å². The van der Waals surface area contributed by atoms with Crippen LogP contribution in [0.2, 0.25) is 0 Å². The Balaban J connectivity index is 2.79. The number of carboxylic acids is 1. The SMILES string of the molecule is CC1=N[C@@H](C(=O)O)C(=O)O1. The maximum Gasteiger partial charge on any atom is 0.349 e. The van der Waals surface area contributed by atoms with E-state index >= 15 is 0 Å². The molecule has 1 atom stereocenters. The Morgan fingerprint density at radius 2 is 2.40 bits per heavy atom. The van der Waals surface area contributed by atoms with E-state index < -0.39 is 18.0 Å². The molecule has 1 heterocycles. The molecule has 54 valence electrons. The van der Waals surface area contributed by atoms with Crippen molar-refractivity contribution in [3.8, 4) is 0 Å². The number of hydrogen-bond acceptors (Lipinski definition) is 4. The zero-order valence-electron chi connectivity index (χ0n) is 5.20. The number of nitrogens with zero attached hydrogens (tertiary/aromatic N) is 1. The number of carbonyl (C=O) groups excluding carboxylic acids is 1. The summed E-state index contributed by atoms with van der Waals surface area (Å²) in [6, 6.07) is -1.35. The van der Waals surface area contributed by atoms with Crippen molar-refractivity contribution in [3.63, 3.8) is 0 Å². The molecule has 0 amide bonds. The van der Waals surface area contributed by atoms with Gasteiger partial charge < -0.3 is 9.84 Å². The number of carboxylic acid groups (broad SMARTS) is 1. The number of aliphatic imine (C=N–C) groups is 1. The van der Waals surface area contributed by atoms with Crippen LogP contribution in [-0.4, -0.2) is 29.0 Å². The van der Waals surface area contributed by atoms with Crippen molar-refractivity contribution in [3.05, 3.63) is 0 Å². The summed E-state index contributed by atoms with van der Waals surface area (Å²) in [7, 11) is 0. The van der Waals surface area contributed by atoms with E-state index in [1.165, 1.54) is 6.92 Å². The van der Waals surface area contributed by atoms with E-state index in [4.69, 9.17) is 5.11 Å². The fourth-order valence-electron chi connectivity index (χ4n) is 0.618. The second-order valence-electron chi connectivity index (χ2n) is 1.81. The molecule has 1 aliphatic rings. The van der Waals surface area contributed by atoms with Crippen molar-refractivity contribution >= 4 is 17.8 Å². The van der Waals surface area contributed by atoms with E-state index in [-0.39, 0.29) is 5.90 Å². The maximum absolute atomic E-state index is 10.5. The molecule has 10 heavy (non-hydrogen) atoms. The van der Waals surface area contributed by atoms with Crippen LogP contribution in [0.4, 0.5) is 0 Å². The van der Waals surface area contributed by atoms with Gasteiger partial charge in [-0.2, -0.15) is 0 Å². The number of carbonyl (C=O) groups is 2. The van der Waals surface area contributed by atoms with Gasteiger partial charge in [0.25, 0.3) is 0 Å². The van der Waals surface area contributed by atoms with Crippen LogP contribution >= 0.6 is 0 Å². The molecule has 1 aliphatic heterocycles. The highest BCUT2D eigenvalue weighted by atomic mass is 16.6. The molecular formula is C5H5NO4. The van der Waals surface area contributed by atoms with E-state index in [0.29, 0.717) is 0 Å². The number of esters is 1. The van der Waals surface area contributed by atoms with E-state index in [9.17, 15) is 9.59 Å². The summed E-state index contributed by atoms with van der Waals surface area (Å²) in [5.41, 5.74) is 0. The first-order chi connectivity index (χ1) is 4.61. The van der Waals surface area contributed by atoms with Gasteiger partial charge in [0.1, 0.15) is 0 Å². The quantitative estimate of drug-likeness (QED) is 0.393. The van der Waals surface area contributed by atoms with Crippen molar-refractivity contribution in [2.24, 2.45) is 4.99 Å². The fraction of sp³-hybridized carbons (Fsp3) is 0.400. The molecule has 1 rings (SSSR count). The first-order valence-electron chi connectivity index (χ1n) is 2.60. The van der Waals surface area contributed by atoms with Gasteiger partial charge in [0.2, 0.25) is 6.04 Å². The summed E-state index contributed by atoms with van der Waals surface area (Å²) in [6.45, 7) is 1.43. The lowest BCUT2D eigenvalue weighted by Gasteiger charge is -1.92. The Kier molecular flexibility index (Phi) is 1.41. The lowest BCUT2D eigenvalue weighted by atomic mass is 10.3. The zero-order valence-corrected chi connectivity index (χ0v) is 5.20. The van der Waals surface area contributed by atoms with Gasteiger partial charge in [0.15, 0.2) is 5.90 Å².